The number of benzene rings is 1. The number of ketones is 1. The molecule has 0 bridgehead atoms. The number of carbonyl (C=O) groups is 4. The molecule has 3 atom stereocenters. The van der Waals surface area contributed by atoms with Crippen molar-refractivity contribution < 1.29 is 23.9 Å². The van der Waals surface area contributed by atoms with Gasteiger partial charge in [0.1, 0.15) is 17.3 Å². The molecule has 3 heterocycles. The highest BCUT2D eigenvalue weighted by Crippen LogP contribution is 2.31. The maximum Gasteiger partial charge on any atom is 0.356 e. The number of aromatic amines is 1. The van der Waals surface area contributed by atoms with Crippen LogP contribution in [0.1, 0.15) is 52.4 Å². The third-order valence-electron chi connectivity index (χ3n) is 7.17. The van der Waals surface area contributed by atoms with Crippen LogP contribution in [0.2, 0.25) is 0 Å². The van der Waals surface area contributed by atoms with Gasteiger partial charge in [0.25, 0.3) is 5.91 Å². The Morgan fingerprint density at radius 1 is 1.25 bits per heavy atom. The first kappa shape index (κ1) is 28.7. The summed E-state index contributed by atoms with van der Waals surface area (Å²) in [6, 6.07) is 7.67. The first-order valence-corrected chi connectivity index (χ1v) is 13.1. The SMILES string of the molecule is COC(=O)c1cnc(C(=O)C(CCCN=C(N)N)NC(=O)[C@@H]2CCN3CC[C@@](N)(Cc4ccccc4)C(=O)N23)[nH]1. The fourth-order valence-electron chi connectivity index (χ4n) is 5.08. The highest BCUT2D eigenvalue weighted by atomic mass is 16.5. The van der Waals surface area contributed by atoms with Crippen LogP contribution >= 0.6 is 0 Å². The molecule has 2 aromatic rings. The summed E-state index contributed by atoms with van der Waals surface area (Å²) in [4.78, 5) is 63.0. The van der Waals surface area contributed by atoms with Crippen LogP contribution in [-0.4, -0.2) is 93.9 Å². The number of methoxy groups -OCH3 is 1. The average molecular weight is 554 g/mol. The van der Waals surface area contributed by atoms with Crippen LogP contribution in [0.4, 0.5) is 0 Å². The minimum atomic E-state index is -1.16. The van der Waals surface area contributed by atoms with Gasteiger partial charge in [-0.2, -0.15) is 0 Å². The molecular weight excluding hydrogens is 518 g/mol. The Bertz CT molecular complexity index is 1280. The monoisotopic (exact) mass is 553 g/mol. The van der Waals surface area contributed by atoms with Crippen LogP contribution in [-0.2, 0) is 20.7 Å². The van der Waals surface area contributed by atoms with Crippen molar-refractivity contribution in [3.05, 3.63) is 53.6 Å². The summed E-state index contributed by atoms with van der Waals surface area (Å²) in [6.45, 7) is 1.28. The van der Waals surface area contributed by atoms with Crippen LogP contribution in [0.5, 0.6) is 0 Å². The number of hydrogen-bond donors (Lipinski definition) is 5. The number of carbonyl (C=O) groups excluding carboxylic acids is 4. The molecule has 2 aliphatic heterocycles. The van der Waals surface area contributed by atoms with Crippen molar-refractivity contribution >= 4 is 29.5 Å². The third kappa shape index (κ3) is 6.29. The van der Waals surface area contributed by atoms with E-state index < -0.39 is 35.3 Å². The van der Waals surface area contributed by atoms with Gasteiger partial charge in [-0.15, -0.1) is 0 Å². The molecule has 0 aliphatic carbocycles. The lowest BCUT2D eigenvalue weighted by molar-refractivity contribution is -0.165. The maximum atomic E-state index is 13.7. The van der Waals surface area contributed by atoms with E-state index >= 15 is 0 Å². The van der Waals surface area contributed by atoms with E-state index in [1.54, 1.807) is 0 Å². The zero-order chi connectivity index (χ0) is 28.9. The molecule has 14 nitrogen and oxygen atoms in total. The number of H-pyrrole nitrogens is 1. The van der Waals surface area contributed by atoms with Gasteiger partial charge in [0.05, 0.1) is 19.3 Å². The van der Waals surface area contributed by atoms with Crippen molar-refractivity contribution in [2.75, 3.05) is 26.7 Å². The van der Waals surface area contributed by atoms with Gasteiger partial charge in [-0.1, -0.05) is 30.3 Å². The molecule has 0 spiro atoms. The minimum absolute atomic E-state index is 0.000480. The Balaban J connectivity index is 1.50. The predicted molar refractivity (Wildman–Crippen MR) is 145 cm³/mol. The predicted octanol–water partition coefficient (Wildman–Crippen LogP) is -0.921. The number of amides is 2. The maximum absolute atomic E-state index is 13.7. The van der Waals surface area contributed by atoms with Crippen molar-refractivity contribution in [2.24, 2.45) is 22.2 Å². The molecule has 8 N–H and O–H groups in total. The third-order valence-corrected chi connectivity index (χ3v) is 7.17. The molecule has 40 heavy (non-hydrogen) atoms. The van der Waals surface area contributed by atoms with E-state index in [0.717, 1.165) is 5.56 Å². The quantitative estimate of drug-likeness (QED) is 0.0758. The first-order valence-electron chi connectivity index (χ1n) is 13.1. The van der Waals surface area contributed by atoms with Gasteiger partial charge < -0.3 is 32.2 Å². The Morgan fingerprint density at radius 3 is 2.70 bits per heavy atom. The Hall–Kier alpha value is -4.30. The number of aromatic nitrogens is 2. The molecule has 1 unspecified atom stereocenters. The van der Waals surface area contributed by atoms with Crippen LogP contribution in [0, 0.1) is 0 Å². The highest BCUT2D eigenvalue weighted by molar-refractivity contribution is 6.01. The fraction of sp³-hybridized carbons (Fsp3) is 0.462. The molecule has 0 saturated carbocycles. The van der Waals surface area contributed by atoms with E-state index in [2.05, 4.69) is 25.0 Å². The van der Waals surface area contributed by atoms with E-state index in [1.165, 1.54) is 18.3 Å². The number of imidazole rings is 1. The van der Waals surface area contributed by atoms with Crippen molar-refractivity contribution in [3.63, 3.8) is 0 Å². The summed E-state index contributed by atoms with van der Waals surface area (Å²) >= 11 is 0. The second-order valence-corrected chi connectivity index (χ2v) is 9.99. The van der Waals surface area contributed by atoms with Crippen LogP contribution in [0.15, 0.2) is 41.5 Å². The zero-order valence-electron chi connectivity index (χ0n) is 22.3. The van der Waals surface area contributed by atoms with Crippen molar-refractivity contribution in [2.45, 2.75) is 49.7 Å². The number of rotatable bonds is 11. The summed E-state index contributed by atoms with van der Waals surface area (Å²) in [5, 5.41) is 6.08. The smallest absolute Gasteiger partial charge is 0.356 e. The first-order chi connectivity index (χ1) is 19.1. The minimum Gasteiger partial charge on any atom is -0.464 e. The average Bonchev–Trinajstić information content (AvgIpc) is 3.60. The second-order valence-electron chi connectivity index (χ2n) is 9.99. The number of hydrazine groups is 1. The fourth-order valence-corrected chi connectivity index (χ4v) is 5.08. The lowest BCUT2D eigenvalue weighted by atomic mass is 9.85. The molecule has 214 valence electrons. The normalized spacial score (nSPS) is 21.4. The van der Waals surface area contributed by atoms with Crippen LogP contribution in [0.3, 0.4) is 0 Å². The number of aliphatic imine (C=N–C) groups is 1. The van der Waals surface area contributed by atoms with Gasteiger partial charge in [-0.05, 0) is 37.7 Å². The summed E-state index contributed by atoms with van der Waals surface area (Å²) in [6.07, 6.45) is 2.94. The van der Waals surface area contributed by atoms with Crippen molar-refractivity contribution in [1.29, 1.82) is 0 Å². The largest absolute Gasteiger partial charge is 0.464 e. The number of esters is 1. The summed E-state index contributed by atoms with van der Waals surface area (Å²) < 4.78 is 4.66. The van der Waals surface area contributed by atoms with Gasteiger partial charge >= 0.3 is 5.97 Å². The molecule has 2 saturated heterocycles. The van der Waals surface area contributed by atoms with Gasteiger partial charge in [0, 0.05) is 19.6 Å². The molecule has 0 radical (unpaired) electrons. The molecule has 1 aromatic carbocycles. The molecule has 2 aliphatic rings. The molecule has 4 rings (SSSR count). The number of guanidine groups is 1. The van der Waals surface area contributed by atoms with Crippen molar-refractivity contribution in [3.8, 4) is 0 Å². The summed E-state index contributed by atoms with van der Waals surface area (Å²) in [7, 11) is 1.21. The van der Waals surface area contributed by atoms with Gasteiger partial charge in [-0.25, -0.2) is 14.8 Å². The van der Waals surface area contributed by atoms with E-state index in [-0.39, 0.29) is 36.4 Å². The lowest BCUT2D eigenvalue weighted by Gasteiger charge is -2.44. The topological polar surface area (TPSA) is 215 Å². The van der Waals surface area contributed by atoms with E-state index in [1.807, 2.05) is 35.3 Å². The molecule has 14 heteroatoms. The summed E-state index contributed by atoms with van der Waals surface area (Å²) in [5.74, 6) is -2.24. The number of Topliss-reactive ketones (excluding diaryl/α,β-unsaturated/α-hetero) is 1. The van der Waals surface area contributed by atoms with Gasteiger partial charge in [0.2, 0.25) is 11.7 Å². The summed E-state index contributed by atoms with van der Waals surface area (Å²) in [5.41, 5.74) is 17.2. The van der Waals surface area contributed by atoms with E-state index in [9.17, 15) is 19.2 Å². The van der Waals surface area contributed by atoms with E-state index in [4.69, 9.17) is 17.2 Å². The molecular formula is C26H35N9O5. The molecule has 1 aromatic heterocycles. The standard InChI is InChI=1S/C26H35N9O5/c1-40-23(38)18-15-31-21(32-18)20(36)17(8-5-11-30-25(27)28)33-22(37)19-9-12-34-13-10-26(29,24(39)35(19)34)14-16-6-3-2-4-7-16/h2-4,6-7,15,17,19H,5,8-14,29H2,1H3,(H,31,32)(H,33,37)(H4,27,28,30)/t17?,19-,26+/m0/s1. The van der Waals surface area contributed by atoms with Gasteiger partial charge in [-0.3, -0.25) is 24.4 Å². The second kappa shape index (κ2) is 12.3. The Labute approximate surface area is 231 Å². The number of nitrogens with two attached hydrogens (primary N) is 3. The molecule has 2 fully saturated rings. The Morgan fingerprint density at radius 2 is 2.00 bits per heavy atom. The van der Waals surface area contributed by atoms with Crippen molar-refractivity contribution in [1.82, 2.24) is 25.3 Å². The van der Waals surface area contributed by atoms with Crippen LogP contribution < -0.4 is 22.5 Å². The lowest BCUT2D eigenvalue weighted by Crippen LogP contribution is -2.67. The highest BCUT2D eigenvalue weighted by Gasteiger charge is 2.51. The number of fused-ring (bicyclic) bond motifs is 1. The number of nitrogens with one attached hydrogen (secondary N) is 2. The molecule has 2 amide bonds. The van der Waals surface area contributed by atoms with Crippen LogP contribution in [0.25, 0.3) is 0 Å². The zero-order valence-corrected chi connectivity index (χ0v) is 22.3. The number of nitrogens with zero attached hydrogens (tertiary/aromatic N) is 4. The van der Waals surface area contributed by atoms with Gasteiger partial charge in [0.15, 0.2) is 11.8 Å². The number of ether oxygens (including phenoxy) is 1. The number of hydrogen-bond acceptors (Lipinski definition) is 9. The van der Waals surface area contributed by atoms with E-state index in [0.29, 0.717) is 38.8 Å². The Kier molecular flexibility index (Phi) is 8.80.